The van der Waals surface area contributed by atoms with E-state index in [0.29, 0.717) is 5.88 Å². The van der Waals surface area contributed by atoms with Gasteiger partial charge >= 0.3 is 0 Å². The Morgan fingerprint density at radius 2 is 1.92 bits per heavy atom. The molecule has 0 bridgehead atoms. The van der Waals surface area contributed by atoms with E-state index < -0.39 is 0 Å². The molecular weight excluding hydrogens is 205 g/mol. The van der Waals surface area contributed by atoms with Crippen LogP contribution in [0.1, 0.15) is 10.9 Å². The quantitative estimate of drug-likeness (QED) is 0.591. The van der Waals surface area contributed by atoms with Gasteiger partial charge in [-0.15, -0.1) is 23.2 Å². The van der Waals surface area contributed by atoms with Crippen LogP contribution in [-0.4, -0.2) is 19.0 Å². The molecule has 0 aromatic heterocycles. The van der Waals surface area contributed by atoms with Crippen LogP contribution in [0.2, 0.25) is 0 Å². The summed E-state index contributed by atoms with van der Waals surface area (Å²) in [6, 6.07) is 10.0. The van der Waals surface area contributed by atoms with Crippen molar-refractivity contribution >= 4 is 23.2 Å². The van der Waals surface area contributed by atoms with Crippen molar-refractivity contribution < 1.29 is 0 Å². The van der Waals surface area contributed by atoms with Gasteiger partial charge in [-0.25, -0.2) is 0 Å². The van der Waals surface area contributed by atoms with E-state index in [-0.39, 0.29) is 5.38 Å². The van der Waals surface area contributed by atoms with Gasteiger partial charge in [-0.3, -0.25) is 0 Å². The van der Waals surface area contributed by atoms with Gasteiger partial charge in [0.1, 0.15) is 0 Å². The number of rotatable bonds is 5. The molecule has 13 heavy (non-hydrogen) atoms. The normalized spacial score (nSPS) is 12.8. The van der Waals surface area contributed by atoms with E-state index in [1.165, 1.54) is 0 Å². The first kappa shape index (κ1) is 10.8. The third kappa shape index (κ3) is 3.99. The first-order valence-corrected chi connectivity index (χ1v) is 5.27. The second-order valence-corrected chi connectivity index (χ2v) is 3.68. The van der Waals surface area contributed by atoms with Gasteiger partial charge in [0.2, 0.25) is 0 Å². The third-order valence-corrected chi connectivity index (χ3v) is 2.35. The molecule has 0 spiro atoms. The van der Waals surface area contributed by atoms with Gasteiger partial charge in [0.15, 0.2) is 0 Å². The van der Waals surface area contributed by atoms with E-state index in [2.05, 4.69) is 5.32 Å². The predicted octanol–water partition coefficient (Wildman–Crippen LogP) is 2.79. The molecule has 0 aliphatic heterocycles. The second kappa shape index (κ2) is 6.25. The average Bonchev–Trinajstić information content (AvgIpc) is 2.19. The van der Waals surface area contributed by atoms with E-state index in [1.54, 1.807) is 0 Å². The van der Waals surface area contributed by atoms with E-state index in [1.807, 2.05) is 30.3 Å². The lowest BCUT2D eigenvalue weighted by Gasteiger charge is -2.09. The Bertz CT molecular complexity index is 226. The van der Waals surface area contributed by atoms with Crippen LogP contribution in [0.25, 0.3) is 0 Å². The van der Waals surface area contributed by atoms with Crippen molar-refractivity contribution in [1.29, 1.82) is 0 Å². The second-order valence-electron chi connectivity index (χ2n) is 2.77. The van der Waals surface area contributed by atoms with Crippen molar-refractivity contribution in [3.05, 3.63) is 35.9 Å². The molecule has 0 radical (unpaired) electrons. The SMILES string of the molecule is ClCCNC[C@@H](Cl)c1ccccc1. The minimum Gasteiger partial charge on any atom is -0.314 e. The Balaban J connectivity index is 2.35. The highest BCUT2D eigenvalue weighted by atomic mass is 35.5. The fourth-order valence-corrected chi connectivity index (χ4v) is 1.46. The lowest BCUT2D eigenvalue weighted by molar-refractivity contribution is 0.705. The molecule has 0 amide bonds. The number of alkyl halides is 2. The van der Waals surface area contributed by atoms with E-state index in [4.69, 9.17) is 23.2 Å². The Morgan fingerprint density at radius 1 is 1.23 bits per heavy atom. The standard InChI is InChI=1S/C10H13Cl2N/c11-6-7-13-8-10(12)9-4-2-1-3-5-9/h1-5,10,13H,6-8H2/t10-/m1/s1. The highest BCUT2D eigenvalue weighted by molar-refractivity contribution is 6.21. The van der Waals surface area contributed by atoms with Gasteiger partial charge in [-0.2, -0.15) is 0 Å². The maximum absolute atomic E-state index is 6.14. The Morgan fingerprint density at radius 3 is 2.54 bits per heavy atom. The van der Waals surface area contributed by atoms with Gasteiger partial charge < -0.3 is 5.32 Å². The summed E-state index contributed by atoms with van der Waals surface area (Å²) in [6.07, 6.45) is 0. The first-order valence-electron chi connectivity index (χ1n) is 4.30. The molecule has 0 fully saturated rings. The summed E-state index contributed by atoms with van der Waals surface area (Å²) in [4.78, 5) is 0. The lowest BCUT2D eigenvalue weighted by Crippen LogP contribution is -2.21. The van der Waals surface area contributed by atoms with Crippen LogP contribution in [0.15, 0.2) is 30.3 Å². The Labute approximate surface area is 89.0 Å². The highest BCUT2D eigenvalue weighted by Gasteiger charge is 2.05. The predicted molar refractivity (Wildman–Crippen MR) is 58.6 cm³/mol. The van der Waals surface area contributed by atoms with Crippen LogP contribution >= 0.6 is 23.2 Å². The fraction of sp³-hybridized carbons (Fsp3) is 0.400. The topological polar surface area (TPSA) is 12.0 Å². The molecule has 0 aliphatic rings. The van der Waals surface area contributed by atoms with Crippen LogP contribution in [-0.2, 0) is 0 Å². The van der Waals surface area contributed by atoms with Crippen molar-refractivity contribution in [3.8, 4) is 0 Å². The minimum atomic E-state index is 0.0319. The van der Waals surface area contributed by atoms with Gasteiger partial charge in [0.05, 0.1) is 5.38 Å². The number of benzene rings is 1. The molecule has 0 saturated heterocycles. The Hall–Kier alpha value is -0.240. The monoisotopic (exact) mass is 217 g/mol. The van der Waals surface area contributed by atoms with Crippen molar-refractivity contribution in [2.45, 2.75) is 5.38 Å². The molecule has 1 aromatic carbocycles. The summed E-state index contributed by atoms with van der Waals surface area (Å²) in [6.45, 7) is 1.57. The van der Waals surface area contributed by atoms with E-state index >= 15 is 0 Å². The van der Waals surface area contributed by atoms with Crippen molar-refractivity contribution in [2.75, 3.05) is 19.0 Å². The van der Waals surface area contributed by atoms with Crippen LogP contribution < -0.4 is 5.32 Å². The lowest BCUT2D eigenvalue weighted by atomic mass is 10.1. The minimum absolute atomic E-state index is 0.0319. The van der Waals surface area contributed by atoms with Gasteiger partial charge in [-0.1, -0.05) is 30.3 Å². The molecule has 72 valence electrons. The summed E-state index contributed by atoms with van der Waals surface area (Å²) in [5.74, 6) is 0.623. The van der Waals surface area contributed by atoms with Crippen LogP contribution in [0.3, 0.4) is 0 Å². The van der Waals surface area contributed by atoms with E-state index in [9.17, 15) is 0 Å². The largest absolute Gasteiger partial charge is 0.314 e. The summed E-state index contributed by atoms with van der Waals surface area (Å²) in [5, 5.41) is 3.20. The Kier molecular flexibility index (Phi) is 5.21. The molecule has 1 atom stereocenters. The van der Waals surface area contributed by atoms with Crippen LogP contribution in [0, 0.1) is 0 Å². The fourth-order valence-electron chi connectivity index (χ4n) is 1.08. The molecule has 1 nitrogen and oxygen atoms in total. The number of nitrogens with one attached hydrogen (secondary N) is 1. The molecule has 0 unspecified atom stereocenters. The summed E-state index contributed by atoms with van der Waals surface area (Å²) < 4.78 is 0. The van der Waals surface area contributed by atoms with Crippen molar-refractivity contribution in [2.24, 2.45) is 0 Å². The molecule has 0 heterocycles. The molecular formula is C10H13Cl2N. The molecule has 0 saturated carbocycles. The van der Waals surface area contributed by atoms with Crippen molar-refractivity contribution in [3.63, 3.8) is 0 Å². The molecule has 3 heteroatoms. The van der Waals surface area contributed by atoms with Gasteiger partial charge in [0, 0.05) is 19.0 Å². The molecule has 1 rings (SSSR count). The smallest absolute Gasteiger partial charge is 0.0709 e. The number of hydrogen-bond donors (Lipinski definition) is 1. The highest BCUT2D eigenvalue weighted by Crippen LogP contribution is 2.18. The molecule has 1 N–H and O–H groups in total. The number of halogens is 2. The first-order chi connectivity index (χ1) is 6.34. The number of hydrogen-bond acceptors (Lipinski definition) is 1. The third-order valence-electron chi connectivity index (χ3n) is 1.76. The zero-order chi connectivity index (χ0) is 9.52. The molecule has 1 aromatic rings. The maximum atomic E-state index is 6.14. The van der Waals surface area contributed by atoms with Crippen LogP contribution in [0.4, 0.5) is 0 Å². The summed E-state index contributed by atoms with van der Waals surface area (Å²) in [7, 11) is 0. The maximum Gasteiger partial charge on any atom is 0.0709 e. The molecule has 0 aliphatic carbocycles. The van der Waals surface area contributed by atoms with Gasteiger partial charge in [-0.05, 0) is 5.56 Å². The zero-order valence-corrected chi connectivity index (χ0v) is 8.85. The zero-order valence-electron chi connectivity index (χ0n) is 7.34. The van der Waals surface area contributed by atoms with Crippen LogP contribution in [0.5, 0.6) is 0 Å². The summed E-state index contributed by atoms with van der Waals surface area (Å²) in [5.41, 5.74) is 1.14. The summed E-state index contributed by atoms with van der Waals surface area (Å²) >= 11 is 11.7. The van der Waals surface area contributed by atoms with E-state index in [0.717, 1.165) is 18.7 Å². The van der Waals surface area contributed by atoms with Crippen molar-refractivity contribution in [1.82, 2.24) is 5.32 Å². The average molecular weight is 218 g/mol. The van der Waals surface area contributed by atoms with Gasteiger partial charge in [0.25, 0.3) is 0 Å².